The molecular formula is C8H15F2N. The van der Waals surface area contributed by atoms with Crippen molar-refractivity contribution in [2.75, 3.05) is 0 Å². The van der Waals surface area contributed by atoms with Gasteiger partial charge in [0.2, 0.25) is 0 Å². The maximum Gasteiger partial charge on any atom is 0.0730 e. The van der Waals surface area contributed by atoms with Crippen LogP contribution in [-0.4, -0.2) is 11.4 Å². The van der Waals surface area contributed by atoms with E-state index in [0.717, 1.165) is 25.7 Å². The molecule has 0 spiro atoms. The quantitative estimate of drug-likeness (QED) is 0.537. The van der Waals surface area contributed by atoms with E-state index in [1.54, 1.807) is 0 Å². The van der Waals surface area contributed by atoms with Crippen molar-refractivity contribution in [2.24, 2.45) is 0 Å². The normalized spacial score (nSPS) is 23.2. The van der Waals surface area contributed by atoms with Crippen LogP contribution in [0.1, 0.15) is 44.9 Å². The summed E-state index contributed by atoms with van der Waals surface area (Å²) in [6, 6.07) is -0.463. The minimum Gasteiger partial charge on any atom is -0.101 e. The van der Waals surface area contributed by atoms with Crippen LogP contribution in [0.5, 0.6) is 0 Å². The number of rotatable bonds is 1. The lowest BCUT2D eigenvalue weighted by atomic mass is 9.97. The van der Waals surface area contributed by atoms with Crippen molar-refractivity contribution in [2.45, 2.75) is 51.0 Å². The Bertz CT molecular complexity index is 98.3. The first-order valence-electron chi connectivity index (χ1n) is 4.41. The molecule has 11 heavy (non-hydrogen) atoms. The van der Waals surface area contributed by atoms with E-state index >= 15 is 0 Å². The summed E-state index contributed by atoms with van der Waals surface area (Å²) in [6.07, 6.45) is 6.77. The largest absolute Gasteiger partial charge is 0.101 e. The highest BCUT2D eigenvalue weighted by Crippen LogP contribution is 2.21. The summed E-state index contributed by atoms with van der Waals surface area (Å²) >= 11 is 0. The molecule has 0 bridgehead atoms. The molecule has 0 heterocycles. The lowest BCUT2D eigenvalue weighted by molar-refractivity contribution is -0.191. The standard InChI is InChI=1S/C8H15F2N/c9-11(10)8-6-4-2-1-3-5-7-8/h8H,1-7H2. The zero-order valence-electron chi connectivity index (χ0n) is 6.73. The van der Waals surface area contributed by atoms with E-state index in [9.17, 15) is 8.96 Å². The Morgan fingerprint density at radius 2 is 1.27 bits per heavy atom. The molecule has 66 valence electrons. The predicted octanol–water partition coefficient (Wildman–Crippen LogP) is 3.17. The van der Waals surface area contributed by atoms with Crippen molar-refractivity contribution in [1.82, 2.24) is 5.34 Å². The molecule has 0 aromatic heterocycles. The molecule has 1 rings (SSSR count). The molecule has 3 heteroatoms. The van der Waals surface area contributed by atoms with Crippen molar-refractivity contribution in [3.8, 4) is 0 Å². The number of halogens is 2. The van der Waals surface area contributed by atoms with Gasteiger partial charge in [-0.25, -0.2) is 0 Å². The molecule has 0 atom stereocenters. The molecule has 0 N–H and O–H groups in total. The fourth-order valence-corrected chi connectivity index (χ4v) is 1.63. The van der Waals surface area contributed by atoms with Crippen LogP contribution in [-0.2, 0) is 0 Å². The third-order valence-corrected chi connectivity index (χ3v) is 2.35. The average molecular weight is 163 g/mol. The second-order valence-corrected chi connectivity index (χ2v) is 3.26. The molecule has 0 radical (unpaired) electrons. The monoisotopic (exact) mass is 163 g/mol. The van der Waals surface area contributed by atoms with Crippen LogP contribution < -0.4 is 0 Å². The van der Waals surface area contributed by atoms with E-state index < -0.39 is 11.4 Å². The SMILES string of the molecule is FN(F)C1CCCCCCC1. The summed E-state index contributed by atoms with van der Waals surface area (Å²) < 4.78 is 24.1. The summed E-state index contributed by atoms with van der Waals surface area (Å²) in [7, 11) is 0. The fourth-order valence-electron chi connectivity index (χ4n) is 1.63. The van der Waals surface area contributed by atoms with Gasteiger partial charge in [0.1, 0.15) is 0 Å². The van der Waals surface area contributed by atoms with Crippen LogP contribution in [0.2, 0.25) is 0 Å². The Morgan fingerprint density at radius 1 is 0.818 bits per heavy atom. The first-order valence-corrected chi connectivity index (χ1v) is 4.41. The van der Waals surface area contributed by atoms with Crippen LogP contribution in [0.4, 0.5) is 8.96 Å². The molecule has 1 fully saturated rings. The highest BCUT2D eigenvalue weighted by atomic mass is 19.4. The first-order chi connectivity index (χ1) is 5.30. The van der Waals surface area contributed by atoms with Gasteiger partial charge in [0.05, 0.1) is 6.04 Å². The van der Waals surface area contributed by atoms with Crippen molar-refractivity contribution in [3.05, 3.63) is 0 Å². The van der Waals surface area contributed by atoms with Crippen molar-refractivity contribution < 1.29 is 8.96 Å². The second kappa shape index (κ2) is 4.65. The fraction of sp³-hybridized carbons (Fsp3) is 1.00. The van der Waals surface area contributed by atoms with Gasteiger partial charge in [-0.3, -0.25) is 0 Å². The zero-order chi connectivity index (χ0) is 8.10. The highest BCUT2D eigenvalue weighted by Gasteiger charge is 2.18. The number of hydrogen-bond acceptors (Lipinski definition) is 1. The van der Waals surface area contributed by atoms with E-state index in [4.69, 9.17) is 0 Å². The van der Waals surface area contributed by atoms with Gasteiger partial charge < -0.3 is 0 Å². The Balaban J connectivity index is 2.26. The molecule has 0 unspecified atom stereocenters. The topological polar surface area (TPSA) is 3.24 Å². The minimum absolute atomic E-state index is 0.463. The molecule has 1 saturated carbocycles. The second-order valence-electron chi connectivity index (χ2n) is 3.26. The molecule has 0 amide bonds. The third kappa shape index (κ3) is 3.14. The molecule has 1 aliphatic carbocycles. The number of nitrogens with zero attached hydrogens (tertiary/aromatic N) is 1. The summed E-state index contributed by atoms with van der Waals surface area (Å²) in [6.45, 7) is 0. The molecule has 1 aliphatic rings. The van der Waals surface area contributed by atoms with Crippen LogP contribution in [0, 0.1) is 0 Å². The van der Waals surface area contributed by atoms with E-state index in [1.165, 1.54) is 6.42 Å². The van der Waals surface area contributed by atoms with E-state index in [-0.39, 0.29) is 0 Å². The van der Waals surface area contributed by atoms with Gasteiger partial charge in [-0.2, -0.15) is 0 Å². The smallest absolute Gasteiger partial charge is 0.0730 e. The highest BCUT2D eigenvalue weighted by molar-refractivity contribution is 4.65. The third-order valence-electron chi connectivity index (χ3n) is 2.35. The van der Waals surface area contributed by atoms with Crippen LogP contribution >= 0.6 is 0 Å². The Hall–Kier alpha value is -0.180. The average Bonchev–Trinajstić information content (AvgIpc) is 1.84. The van der Waals surface area contributed by atoms with Crippen molar-refractivity contribution >= 4 is 0 Å². The predicted molar refractivity (Wildman–Crippen MR) is 40.2 cm³/mol. The van der Waals surface area contributed by atoms with Gasteiger partial charge in [0.25, 0.3) is 0 Å². The van der Waals surface area contributed by atoms with E-state index in [0.29, 0.717) is 12.8 Å². The first kappa shape index (κ1) is 8.91. The summed E-state index contributed by atoms with van der Waals surface area (Å²) in [5, 5.41) is -0.606. The van der Waals surface area contributed by atoms with Crippen LogP contribution in [0.25, 0.3) is 0 Å². The number of hydrogen-bond donors (Lipinski definition) is 0. The summed E-state index contributed by atoms with van der Waals surface area (Å²) in [5.41, 5.74) is 0. The van der Waals surface area contributed by atoms with Gasteiger partial charge in [-0.1, -0.05) is 32.1 Å². The summed E-state index contributed by atoms with van der Waals surface area (Å²) in [4.78, 5) is 0. The van der Waals surface area contributed by atoms with Gasteiger partial charge in [-0.05, 0) is 12.8 Å². The Labute approximate surface area is 66.2 Å². The molecule has 0 aliphatic heterocycles. The van der Waals surface area contributed by atoms with Crippen LogP contribution in [0.3, 0.4) is 0 Å². The molecule has 0 saturated heterocycles. The lowest BCUT2D eigenvalue weighted by Crippen LogP contribution is -2.21. The molecule has 0 aromatic carbocycles. The molecule has 1 nitrogen and oxygen atoms in total. The van der Waals surface area contributed by atoms with Gasteiger partial charge >= 0.3 is 0 Å². The van der Waals surface area contributed by atoms with Gasteiger partial charge in [-0.15, -0.1) is 8.96 Å². The van der Waals surface area contributed by atoms with E-state index in [1.807, 2.05) is 0 Å². The van der Waals surface area contributed by atoms with Crippen molar-refractivity contribution in [3.63, 3.8) is 0 Å². The van der Waals surface area contributed by atoms with Gasteiger partial charge in [0, 0.05) is 5.34 Å². The zero-order valence-corrected chi connectivity index (χ0v) is 6.73. The molecular weight excluding hydrogens is 148 g/mol. The Kier molecular flexibility index (Phi) is 3.77. The lowest BCUT2D eigenvalue weighted by Gasteiger charge is -2.18. The maximum absolute atomic E-state index is 12.1. The minimum atomic E-state index is -0.606. The maximum atomic E-state index is 12.1. The van der Waals surface area contributed by atoms with E-state index in [2.05, 4.69) is 0 Å². The molecule has 0 aromatic rings. The van der Waals surface area contributed by atoms with Crippen molar-refractivity contribution in [1.29, 1.82) is 0 Å². The van der Waals surface area contributed by atoms with Crippen LogP contribution in [0.15, 0.2) is 0 Å². The Morgan fingerprint density at radius 3 is 1.73 bits per heavy atom. The summed E-state index contributed by atoms with van der Waals surface area (Å²) in [5.74, 6) is 0. The van der Waals surface area contributed by atoms with Gasteiger partial charge in [0.15, 0.2) is 0 Å².